The van der Waals surface area contributed by atoms with E-state index in [1.54, 1.807) is 13.2 Å². The number of benzene rings is 2. The van der Waals surface area contributed by atoms with Gasteiger partial charge in [-0.25, -0.2) is 0 Å². The lowest BCUT2D eigenvalue weighted by Gasteiger charge is -2.25. The molecule has 31 heavy (non-hydrogen) atoms. The topological polar surface area (TPSA) is 75.3 Å². The fraction of sp³-hybridized carbons (Fsp3) is 0.375. The summed E-state index contributed by atoms with van der Waals surface area (Å²) in [4.78, 5) is 12.7. The Labute approximate surface area is 181 Å². The van der Waals surface area contributed by atoms with Gasteiger partial charge in [-0.15, -0.1) is 0 Å². The third kappa shape index (κ3) is 4.71. The summed E-state index contributed by atoms with van der Waals surface area (Å²) in [6.45, 7) is 6.17. The fourth-order valence-corrected chi connectivity index (χ4v) is 3.65. The van der Waals surface area contributed by atoms with E-state index in [1.165, 1.54) is 6.08 Å². The monoisotopic (exact) mass is 425 g/mol. The summed E-state index contributed by atoms with van der Waals surface area (Å²) in [6, 6.07) is 9.29. The summed E-state index contributed by atoms with van der Waals surface area (Å²) in [5.74, 6) is 3.22. The van der Waals surface area contributed by atoms with Crippen molar-refractivity contribution in [2.24, 2.45) is 5.92 Å². The van der Waals surface area contributed by atoms with Gasteiger partial charge in [0.2, 0.25) is 11.7 Å². The van der Waals surface area contributed by atoms with Crippen LogP contribution in [-0.4, -0.2) is 39.4 Å². The Balaban J connectivity index is 1.49. The summed E-state index contributed by atoms with van der Waals surface area (Å²) in [5, 5.41) is 3.09. The standard InChI is InChI=1S/C24H27NO6/c1-15(2)23(17-5-6-18-19(14-17)29-9-8-28-18)25-22(26)7-4-16-12-20(27-3)24-21(13-16)30-10-11-31-24/h4-7,12-15,23H,8-11H2,1-3H3,(H,25,26)/b7-4+. The van der Waals surface area contributed by atoms with Crippen molar-refractivity contribution in [3.05, 3.63) is 47.5 Å². The number of hydrogen-bond donors (Lipinski definition) is 1. The van der Waals surface area contributed by atoms with E-state index in [4.69, 9.17) is 23.7 Å². The Kier molecular flexibility index (Phi) is 6.21. The SMILES string of the molecule is COc1cc(/C=C/C(=O)NC(c2ccc3c(c2)OCCO3)C(C)C)cc2c1OCCO2. The van der Waals surface area contributed by atoms with E-state index in [1.807, 2.05) is 30.3 Å². The number of amides is 1. The first kappa shape index (κ1) is 20.9. The van der Waals surface area contributed by atoms with Crippen LogP contribution < -0.4 is 29.0 Å². The van der Waals surface area contributed by atoms with Crippen molar-refractivity contribution in [3.8, 4) is 28.7 Å². The minimum absolute atomic E-state index is 0.164. The van der Waals surface area contributed by atoms with Crippen LogP contribution in [0.25, 0.3) is 6.08 Å². The van der Waals surface area contributed by atoms with E-state index in [0.29, 0.717) is 49.4 Å². The first-order valence-corrected chi connectivity index (χ1v) is 10.4. The molecule has 2 heterocycles. The Hall–Kier alpha value is -3.35. The zero-order valence-electron chi connectivity index (χ0n) is 18.0. The van der Waals surface area contributed by atoms with E-state index >= 15 is 0 Å². The maximum Gasteiger partial charge on any atom is 0.244 e. The van der Waals surface area contributed by atoms with E-state index in [9.17, 15) is 4.79 Å². The molecule has 0 saturated heterocycles. The molecule has 0 radical (unpaired) electrons. The van der Waals surface area contributed by atoms with Gasteiger partial charge >= 0.3 is 0 Å². The molecule has 1 atom stereocenters. The van der Waals surface area contributed by atoms with Gasteiger partial charge in [-0.3, -0.25) is 4.79 Å². The Morgan fingerprint density at radius 1 is 0.968 bits per heavy atom. The van der Waals surface area contributed by atoms with Crippen molar-refractivity contribution in [3.63, 3.8) is 0 Å². The van der Waals surface area contributed by atoms with Crippen LogP contribution in [0.1, 0.15) is 31.0 Å². The van der Waals surface area contributed by atoms with Gasteiger partial charge in [0.15, 0.2) is 23.0 Å². The zero-order chi connectivity index (χ0) is 21.8. The van der Waals surface area contributed by atoms with Crippen LogP contribution in [0.4, 0.5) is 0 Å². The molecule has 0 saturated carbocycles. The van der Waals surface area contributed by atoms with E-state index in [0.717, 1.165) is 16.9 Å². The molecule has 7 nitrogen and oxygen atoms in total. The largest absolute Gasteiger partial charge is 0.493 e. The van der Waals surface area contributed by atoms with E-state index < -0.39 is 0 Å². The van der Waals surface area contributed by atoms with Crippen molar-refractivity contribution in [2.45, 2.75) is 19.9 Å². The molecule has 0 aromatic heterocycles. The van der Waals surface area contributed by atoms with Gasteiger partial charge < -0.3 is 29.0 Å². The number of nitrogens with one attached hydrogen (secondary N) is 1. The lowest BCUT2D eigenvalue weighted by molar-refractivity contribution is -0.117. The minimum Gasteiger partial charge on any atom is -0.493 e. The van der Waals surface area contributed by atoms with Crippen LogP contribution in [0.15, 0.2) is 36.4 Å². The maximum atomic E-state index is 12.7. The number of rotatable bonds is 6. The average Bonchev–Trinajstić information content (AvgIpc) is 2.80. The molecule has 7 heteroatoms. The smallest absolute Gasteiger partial charge is 0.244 e. The van der Waals surface area contributed by atoms with Crippen LogP contribution in [0.3, 0.4) is 0 Å². The van der Waals surface area contributed by atoms with Crippen molar-refractivity contribution >= 4 is 12.0 Å². The number of carbonyl (C=O) groups excluding carboxylic acids is 1. The highest BCUT2D eigenvalue weighted by atomic mass is 16.6. The Morgan fingerprint density at radius 3 is 2.42 bits per heavy atom. The van der Waals surface area contributed by atoms with Crippen LogP contribution in [-0.2, 0) is 4.79 Å². The molecule has 164 valence electrons. The highest BCUT2D eigenvalue weighted by Crippen LogP contribution is 2.40. The quantitative estimate of drug-likeness (QED) is 0.711. The number of carbonyl (C=O) groups is 1. The summed E-state index contributed by atoms with van der Waals surface area (Å²) >= 11 is 0. The third-order valence-electron chi connectivity index (χ3n) is 5.17. The predicted molar refractivity (Wildman–Crippen MR) is 116 cm³/mol. The molecule has 2 aliphatic rings. The summed E-state index contributed by atoms with van der Waals surface area (Å²) < 4.78 is 27.9. The first-order valence-electron chi connectivity index (χ1n) is 10.4. The lowest BCUT2D eigenvalue weighted by Crippen LogP contribution is -2.30. The Morgan fingerprint density at radius 2 is 1.68 bits per heavy atom. The second kappa shape index (κ2) is 9.20. The molecular formula is C24H27NO6. The summed E-state index contributed by atoms with van der Waals surface area (Å²) in [7, 11) is 1.58. The van der Waals surface area contributed by atoms with E-state index in [-0.39, 0.29) is 17.9 Å². The second-order valence-corrected chi connectivity index (χ2v) is 7.71. The van der Waals surface area contributed by atoms with Gasteiger partial charge in [0.25, 0.3) is 0 Å². The van der Waals surface area contributed by atoms with Gasteiger partial charge in [-0.2, -0.15) is 0 Å². The zero-order valence-corrected chi connectivity index (χ0v) is 18.0. The molecule has 2 aromatic rings. The number of ether oxygens (including phenoxy) is 5. The van der Waals surface area contributed by atoms with Crippen molar-refractivity contribution in [2.75, 3.05) is 33.5 Å². The first-order chi connectivity index (χ1) is 15.0. The van der Waals surface area contributed by atoms with Gasteiger partial charge in [0, 0.05) is 6.08 Å². The maximum absolute atomic E-state index is 12.7. The highest BCUT2D eigenvalue weighted by Gasteiger charge is 2.21. The van der Waals surface area contributed by atoms with Crippen LogP contribution in [0, 0.1) is 5.92 Å². The predicted octanol–water partition coefficient (Wildman–Crippen LogP) is 3.76. The van der Waals surface area contributed by atoms with E-state index in [2.05, 4.69) is 19.2 Å². The second-order valence-electron chi connectivity index (χ2n) is 7.71. The average molecular weight is 425 g/mol. The van der Waals surface area contributed by atoms with Crippen molar-refractivity contribution in [1.29, 1.82) is 0 Å². The number of hydrogen-bond acceptors (Lipinski definition) is 6. The molecule has 0 fully saturated rings. The molecule has 4 rings (SSSR count). The number of fused-ring (bicyclic) bond motifs is 2. The van der Waals surface area contributed by atoms with Crippen LogP contribution >= 0.6 is 0 Å². The molecule has 0 aliphatic carbocycles. The molecule has 1 amide bonds. The fourth-order valence-electron chi connectivity index (χ4n) is 3.65. The Bertz CT molecular complexity index is 967. The van der Waals surface area contributed by atoms with Crippen LogP contribution in [0.5, 0.6) is 28.7 Å². The molecule has 0 spiro atoms. The molecule has 0 bridgehead atoms. The molecule has 2 aromatic carbocycles. The van der Waals surface area contributed by atoms with Gasteiger partial charge in [-0.1, -0.05) is 19.9 Å². The van der Waals surface area contributed by atoms with Gasteiger partial charge in [0.05, 0.1) is 13.2 Å². The molecule has 1 N–H and O–H groups in total. The van der Waals surface area contributed by atoms with Crippen molar-refractivity contribution < 1.29 is 28.5 Å². The number of methoxy groups -OCH3 is 1. The van der Waals surface area contributed by atoms with Gasteiger partial charge in [-0.05, 0) is 47.4 Å². The molecule has 2 aliphatic heterocycles. The van der Waals surface area contributed by atoms with Crippen LogP contribution in [0.2, 0.25) is 0 Å². The highest BCUT2D eigenvalue weighted by molar-refractivity contribution is 5.92. The third-order valence-corrected chi connectivity index (χ3v) is 5.17. The molecule has 1 unspecified atom stereocenters. The summed E-state index contributed by atoms with van der Waals surface area (Å²) in [5.41, 5.74) is 1.76. The minimum atomic E-state index is -0.192. The van der Waals surface area contributed by atoms with Crippen molar-refractivity contribution in [1.82, 2.24) is 5.32 Å². The van der Waals surface area contributed by atoms with Gasteiger partial charge in [0.1, 0.15) is 26.4 Å². The molecular weight excluding hydrogens is 398 g/mol. The lowest BCUT2D eigenvalue weighted by atomic mass is 9.95. The normalized spacial score (nSPS) is 15.6. The summed E-state index contributed by atoms with van der Waals surface area (Å²) in [6.07, 6.45) is 3.25.